The van der Waals surface area contributed by atoms with Gasteiger partial charge < -0.3 is 20.7 Å². The van der Waals surface area contributed by atoms with Crippen LogP contribution in [-0.4, -0.2) is 28.3 Å². The fourth-order valence-corrected chi connectivity index (χ4v) is 1.93. The van der Waals surface area contributed by atoms with E-state index in [1.165, 1.54) is 0 Å². The lowest BCUT2D eigenvalue weighted by molar-refractivity contribution is -0.118. The van der Waals surface area contributed by atoms with Crippen molar-refractivity contribution in [3.63, 3.8) is 0 Å². The molecule has 8 nitrogen and oxygen atoms in total. The molecule has 0 radical (unpaired) electrons. The van der Waals surface area contributed by atoms with Crippen LogP contribution in [-0.2, 0) is 11.8 Å². The van der Waals surface area contributed by atoms with Gasteiger partial charge in [0, 0.05) is 25.0 Å². The minimum absolute atomic E-state index is 0.0294. The van der Waals surface area contributed by atoms with Crippen LogP contribution in [0.4, 0.5) is 21.9 Å². The van der Waals surface area contributed by atoms with Crippen LogP contribution in [0, 0.1) is 0 Å². The second kappa shape index (κ2) is 5.16. The number of aromatic nitrogens is 2. The summed E-state index contributed by atoms with van der Waals surface area (Å²) in [5, 5.41) is 12.0. The van der Waals surface area contributed by atoms with Gasteiger partial charge >= 0.3 is 6.03 Å². The van der Waals surface area contributed by atoms with Gasteiger partial charge in [-0.05, 0) is 12.1 Å². The van der Waals surface area contributed by atoms with Crippen LogP contribution in [0.1, 0.15) is 0 Å². The molecule has 1 aliphatic rings. The van der Waals surface area contributed by atoms with Crippen molar-refractivity contribution in [1.29, 1.82) is 0 Å². The SMILES string of the molecule is Cn1cc(NC(=O)Nc2ccc3c(c2)OCC(=O)N3)cn1. The highest BCUT2D eigenvalue weighted by Crippen LogP contribution is 2.30. The van der Waals surface area contributed by atoms with Crippen molar-refractivity contribution in [2.45, 2.75) is 0 Å². The molecular weight excluding hydrogens is 274 g/mol. The summed E-state index contributed by atoms with van der Waals surface area (Å²) in [5.74, 6) is 0.325. The lowest BCUT2D eigenvalue weighted by Gasteiger charge is -2.18. The molecule has 0 aliphatic carbocycles. The van der Waals surface area contributed by atoms with E-state index in [1.807, 2.05) is 0 Å². The van der Waals surface area contributed by atoms with Crippen LogP contribution in [0.15, 0.2) is 30.6 Å². The number of fused-ring (bicyclic) bond motifs is 1. The van der Waals surface area contributed by atoms with Crippen molar-refractivity contribution in [2.24, 2.45) is 7.05 Å². The molecule has 0 unspecified atom stereocenters. The average molecular weight is 287 g/mol. The van der Waals surface area contributed by atoms with E-state index < -0.39 is 0 Å². The second-order valence-electron chi connectivity index (χ2n) is 4.53. The van der Waals surface area contributed by atoms with E-state index in [1.54, 1.807) is 42.3 Å². The fraction of sp³-hybridized carbons (Fsp3) is 0.154. The number of carbonyl (C=O) groups excluding carboxylic acids is 2. The second-order valence-corrected chi connectivity index (χ2v) is 4.53. The molecule has 0 spiro atoms. The number of ether oxygens (including phenoxy) is 1. The number of hydrogen-bond acceptors (Lipinski definition) is 4. The van der Waals surface area contributed by atoms with E-state index in [-0.39, 0.29) is 18.5 Å². The van der Waals surface area contributed by atoms with E-state index in [2.05, 4.69) is 21.0 Å². The largest absolute Gasteiger partial charge is 0.482 e. The highest BCUT2D eigenvalue weighted by atomic mass is 16.5. The van der Waals surface area contributed by atoms with Crippen LogP contribution >= 0.6 is 0 Å². The van der Waals surface area contributed by atoms with E-state index in [9.17, 15) is 9.59 Å². The van der Waals surface area contributed by atoms with Gasteiger partial charge in [-0.2, -0.15) is 5.10 Å². The number of benzene rings is 1. The minimum atomic E-state index is -0.386. The van der Waals surface area contributed by atoms with Gasteiger partial charge in [0.1, 0.15) is 5.75 Å². The number of hydrogen-bond donors (Lipinski definition) is 3. The Morgan fingerprint density at radius 1 is 1.38 bits per heavy atom. The monoisotopic (exact) mass is 287 g/mol. The van der Waals surface area contributed by atoms with Gasteiger partial charge in [0.25, 0.3) is 5.91 Å². The van der Waals surface area contributed by atoms with Crippen LogP contribution in [0.25, 0.3) is 0 Å². The van der Waals surface area contributed by atoms with E-state index >= 15 is 0 Å². The molecule has 0 saturated carbocycles. The standard InChI is InChI=1S/C13H13N5O3/c1-18-6-9(5-14-18)16-13(20)15-8-2-3-10-11(4-8)21-7-12(19)17-10/h2-6H,7H2,1H3,(H,17,19)(H2,15,16,20). The van der Waals surface area contributed by atoms with E-state index in [4.69, 9.17) is 4.74 Å². The van der Waals surface area contributed by atoms with Gasteiger partial charge in [0.2, 0.25) is 0 Å². The van der Waals surface area contributed by atoms with Crippen molar-refractivity contribution in [2.75, 3.05) is 22.6 Å². The number of aryl methyl sites for hydroxylation is 1. The molecule has 1 aliphatic heterocycles. The maximum absolute atomic E-state index is 11.8. The zero-order valence-electron chi connectivity index (χ0n) is 11.2. The fourth-order valence-electron chi connectivity index (χ4n) is 1.93. The first-order chi connectivity index (χ1) is 10.1. The Kier molecular flexibility index (Phi) is 3.19. The van der Waals surface area contributed by atoms with Crippen molar-refractivity contribution in [3.8, 4) is 5.75 Å². The third-order valence-corrected chi connectivity index (χ3v) is 2.84. The summed E-state index contributed by atoms with van der Waals surface area (Å²) < 4.78 is 6.87. The lowest BCUT2D eigenvalue weighted by atomic mass is 10.2. The normalized spacial score (nSPS) is 12.9. The van der Waals surface area contributed by atoms with Crippen LogP contribution in [0.2, 0.25) is 0 Å². The molecule has 1 aromatic carbocycles. The molecule has 3 rings (SSSR count). The first-order valence-corrected chi connectivity index (χ1v) is 6.23. The molecular formula is C13H13N5O3. The van der Waals surface area contributed by atoms with Crippen molar-refractivity contribution in [3.05, 3.63) is 30.6 Å². The Balaban J connectivity index is 1.67. The van der Waals surface area contributed by atoms with Crippen LogP contribution in [0.3, 0.4) is 0 Å². The Bertz CT molecular complexity index is 710. The Hall–Kier alpha value is -3.03. The molecule has 0 saturated heterocycles. The Morgan fingerprint density at radius 3 is 2.95 bits per heavy atom. The third kappa shape index (κ3) is 2.94. The Morgan fingerprint density at radius 2 is 2.19 bits per heavy atom. The molecule has 0 bridgehead atoms. The number of anilines is 3. The maximum atomic E-state index is 11.8. The van der Waals surface area contributed by atoms with Gasteiger partial charge in [-0.3, -0.25) is 9.48 Å². The van der Waals surface area contributed by atoms with Crippen molar-refractivity contribution < 1.29 is 14.3 Å². The molecule has 8 heteroatoms. The summed E-state index contributed by atoms with van der Waals surface area (Å²) in [6.07, 6.45) is 3.23. The number of rotatable bonds is 2. The van der Waals surface area contributed by atoms with E-state index in [0.29, 0.717) is 22.8 Å². The molecule has 0 fully saturated rings. The predicted octanol–water partition coefficient (Wildman–Crippen LogP) is 1.39. The first kappa shape index (κ1) is 13.0. The summed E-state index contributed by atoms with van der Waals surface area (Å²) in [5.41, 5.74) is 1.74. The summed E-state index contributed by atoms with van der Waals surface area (Å²) in [7, 11) is 1.76. The quantitative estimate of drug-likeness (QED) is 0.777. The zero-order chi connectivity index (χ0) is 14.8. The molecule has 3 N–H and O–H groups in total. The highest BCUT2D eigenvalue weighted by Gasteiger charge is 2.16. The van der Waals surface area contributed by atoms with Gasteiger partial charge in [-0.15, -0.1) is 0 Å². The van der Waals surface area contributed by atoms with Crippen LogP contribution in [0.5, 0.6) is 5.75 Å². The molecule has 2 aromatic rings. The van der Waals surface area contributed by atoms with Gasteiger partial charge in [-0.25, -0.2) is 4.79 Å². The van der Waals surface area contributed by atoms with Gasteiger partial charge in [-0.1, -0.05) is 0 Å². The van der Waals surface area contributed by atoms with Crippen molar-refractivity contribution >= 4 is 29.0 Å². The molecule has 3 amide bonds. The molecule has 0 atom stereocenters. The minimum Gasteiger partial charge on any atom is -0.482 e. The highest BCUT2D eigenvalue weighted by molar-refractivity contribution is 6.00. The summed E-state index contributed by atoms with van der Waals surface area (Å²) in [6, 6.07) is 4.61. The summed E-state index contributed by atoms with van der Waals surface area (Å²) in [4.78, 5) is 23.0. The Labute approximate surface area is 120 Å². The van der Waals surface area contributed by atoms with Crippen molar-refractivity contribution in [1.82, 2.24) is 9.78 Å². The molecule has 2 heterocycles. The summed E-state index contributed by atoms with van der Waals surface area (Å²) >= 11 is 0. The number of carbonyl (C=O) groups is 2. The molecule has 108 valence electrons. The van der Waals surface area contributed by atoms with Gasteiger partial charge in [0.15, 0.2) is 6.61 Å². The molecule has 1 aromatic heterocycles. The lowest BCUT2D eigenvalue weighted by Crippen LogP contribution is -2.25. The number of urea groups is 1. The maximum Gasteiger partial charge on any atom is 0.323 e. The van der Waals surface area contributed by atoms with E-state index in [0.717, 1.165) is 0 Å². The topological polar surface area (TPSA) is 97.3 Å². The molecule has 21 heavy (non-hydrogen) atoms. The third-order valence-electron chi connectivity index (χ3n) is 2.84. The van der Waals surface area contributed by atoms with Gasteiger partial charge in [0.05, 0.1) is 17.6 Å². The smallest absolute Gasteiger partial charge is 0.323 e. The first-order valence-electron chi connectivity index (χ1n) is 6.23. The predicted molar refractivity (Wildman–Crippen MR) is 76.4 cm³/mol. The average Bonchev–Trinajstić information content (AvgIpc) is 2.84. The van der Waals surface area contributed by atoms with Crippen LogP contribution < -0.4 is 20.7 Å². The summed E-state index contributed by atoms with van der Waals surface area (Å²) in [6.45, 7) is -0.0294. The number of nitrogens with zero attached hydrogens (tertiary/aromatic N) is 2. The zero-order valence-corrected chi connectivity index (χ0v) is 11.2. The number of amides is 3. The number of nitrogens with one attached hydrogen (secondary N) is 3.